The number of hydrogen-bond acceptors (Lipinski definition) is 1. The first-order chi connectivity index (χ1) is 3.85. The number of carbonyl (C=O) groups is 1. The molecule has 0 aliphatic carbocycles. The van der Waals surface area contributed by atoms with Crippen molar-refractivity contribution in [3.05, 3.63) is 12.2 Å². The van der Waals surface area contributed by atoms with E-state index in [0.717, 1.165) is 13.8 Å². The van der Waals surface area contributed by atoms with Crippen molar-refractivity contribution in [2.75, 3.05) is 0 Å². The van der Waals surface area contributed by atoms with Gasteiger partial charge in [-0.25, -0.2) is 9.18 Å². The topological polar surface area (TPSA) is 37.3 Å². The van der Waals surface area contributed by atoms with E-state index in [4.69, 9.17) is 5.11 Å². The van der Waals surface area contributed by atoms with Crippen molar-refractivity contribution < 1.29 is 14.3 Å². The van der Waals surface area contributed by atoms with Gasteiger partial charge in [-0.15, -0.1) is 0 Å². The molecule has 0 amide bonds. The number of hydrogen-bond donors (Lipinski definition) is 1. The van der Waals surface area contributed by atoms with Gasteiger partial charge in [0.05, 0.1) is 5.57 Å². The molecule has 0 radical (unpaired) electrons. The zero-order valence-electron chi connectivity index (χ0n) is 5.44. The van der Waals surface area contributed by atoms with Gasteiger partial charge in [-0.3, -0.25) is 0 Å². The van der Waals surface area contributed by atoms with Crippen LogP contribution in [0.15, 0.2) is 12.2 Å². The Kier molecular flexibility index (Phi) is 1.96. The van der Waals surface area contributed by atoms with E-state index in [-0.39, 0.29) is 0 Å². The second kappa shape index (κ2) is 2.17. The summed E-state index contributed by atoms with van der Waals surface area (Å²) in [6.45, 7) is 5.36. The van der Waals surface area contributed by atoms with Gasteiger partial charge < -0.3 is 5.11 Å². The van der Waals surface area contributed by atoms with Crippen LogP contribution in [0.5, 0.6) is 0 Å². The van der Waals surface area contributed by atoms with Crippen LogP contribution in [0, 0.1) is 0 Å². The molecule has 0 bridgehead atoms. The first kappa shape index (κ1) is 8.14. The lowest BCUT2D eigenvalue weighted by atomic mass is 10.0. The Labute approximate surface area is 53.0 Å². The summed E-state index contributed by atoms with van der Waals surface area (Å²) >= 11 is 0. The zero-order chi connectivity index (χ0) is 7.65. The van der Waals surface area contributed by atoms with E-state index in [2.05, 4.69) is 6.58 Å². The first-order valence-electron chi connectivity index (χ1n) is 2.47. The molecule has 0 rings (SSSR count). The zero-order valence-corrected chi connectivity index (χ0v) is 5.44. The van der Waals surface area contributed by atoms with Crippen molar-refractivity contribution in [1.29, 1.82) is 0 Å². The highest BCUT2D eigenvalue weighted by Crippen LogP contribution is 2.18. The lowest BCUT2D eigenvalue weighted by molar-refractivity contribution is -0.133. The van der Waals surface area contributed by atoms with Gasteiger partial charge in [0, 0.05) is 0 Å². The molecule has 0 saturated heterocycles. The standard InChI is InChI=1S/C6H9FO2/c1-4(5(8)9)6(2,3)7/h1H2,2-3H3,(H,8,9). The first-order valence-corrected chi connectivity index (χ1v) is 2.47. The van der Waals surface area contributed by atoms with Gasteiger partial charge in [0.2, 0.25) is 0 Å². The van der Waals surface area contributed by atoms with Crippen molar-refractivity contribution in [2.24, 2.45) is 0 Å². The van der Waals surface area contributed by atoms with Crippen LogP contribution < -0.4 is 0 Å². The lowest BCUT2D eigenvalue weighted by Gasteiger charge is -2.12. The summed E-state index contributed by atoms with van der Waals surface area (Å²) in [5.41, 5.74) is -2.23. The Morgan fingerprint density at radius 1 is 1.67 bits per heavy atom. The number of aliphatic carboxylic acids is 1. The maximum atomic E-state index is 12.6. The summed E-state index contributed by atoms with van der Waals surface area (Å²) in [4.78, 5) is 10.0. The van der Waals surface area contributed by atoms with Crippen LogP contribution in [0.2, 0.25) is 0 Å². The summed E-state index contributed by atoms with van der Waals surface area (Å²) in [5.74, 6) is -1.29. The molecule has 9 heavy (non-hydrogen) atoms. The van der Waals surface area contributed by atoms with Crippen LogP contribution in [-0.2, 0) is 4.79 Å². The fraction of sp³-hybridized carbons (Fsp3) is 0.500. The molecule has 0 saturated carbocycles. The largest absolute Gasteiger partial charge is 0.478 e. The van der Waals surface area contributed by atoms with Gasteiger partial charge in [0.25, 0.3) is 0 Å². The van der Waals surface area contributed by atoms with Gasteiger partial charge in [-0.2, -0.15) is 0 Å². The van der Waals surface area contributed by atoms with Crippen LogP contribution in [0.3, 0.4) is 0 Å². The highest BCUT2D eigenvalue weighted by molar-refractivity contribution is 5.87. The molecule has 0 spiro atoms. The minimum Gasteiger partial charge on any atom is -0.478 e. The Hall–Kier alpha value is -0.860. The molecule has 1 N–H and O–H groups in total. The van der Waals surface area contributed by atoms with Crippen molar-refractivity contribution in [2.45, 2.75) is 19.5 Å². The normalized spacial score (nSPS) is 11.0. The van der Waals surface area contributed by atoms with Crippen molar-refractivity contribution in [3.8, 4) is 0 Å². The molecule has 0 aromatic heterocycles. The molecule has 0 aromatic carbocycles. The Balaban J connectivity index is 4.23. The molecule has 0 atom stereocenters. The SMILES string of the molecule is C=C(C(=O)O)C(C)(C)F. The van der Waals surface area contributed by atoms with E-state index in [0.29, 0.717) is 0 Å². The number of halogens is 1. The van der Waals surface area contributed by atoms with Crippen LogP contribution in [0.25, 0.3) is 0 Å². The molecule has 0 fully saturated rings. The van der Waals surface area contributed by atoms with Gasteiger partial charge in [0.1, 0.15) is 5.67 Å². The number of carboxylic acid groups (broad SMARTS) is 1. The monoisotopic (exact) mass is 132 g/mol. The molecule has 0 aromatic rings. The van der Waals surface area contributed by atoms with Crippen LogP contribution in [-0.4, -0.2) is 16.7 Å². The Morgan fingerprint density at radius 2 is 2.00 bits per heavy atom. The maximum absolute atomic E-state index is 12.6. The van der Waals surface area contributed by atoms with Gasteiger partial charge >= 0.3 is 5.97 Å². The fourth-order valence-corrected chi connectivity index (χ4v) is 0.254. The quantitative estimate of drug-likeness (QED) is 0.576. The molecule has 3 heteroatoms. The minimum absolute atomic E-state index is 0.414. The van der Waals surface area contributed by atoms with Crippen molar-refractivity contribution in [3.63, 3.8) is 0 Å². The molecule has 0 unspecified atom stereocenters. The van der Waals surface area contributed by atoms with E-state index < -0.39 is 17.2 Å². The summed E-state index contributed by atoms with van der Waals surface area (Å²) in [6, 6.07) is 0. The van der Waals surface area contributed by atoms with Crippen molar-refractivity contribution >= 4 is 5.97 Å². The summed E-state index contributed by atoms with van der Waals surface area (Å²) < 4.78 is 12.6. The predicted octanol–water partition coefficient (Wildman–Crippen LogP) is 1.38. The second-order valence-corrected chi connectivity index (χ2v) is 2.26. The molecule has 0 aliphatic rings. The Morgan fingerprint density at radius 3 is 2.00 bits per heavy atom. The fourth-order valence-electron chi connectivity index (χ4n) is 0.254. The average molecular weight is 132 g/mol. The van der Waals surface area contributed by atoms with Crippen LogP contribution in [0.1, 0.15) is 13.8 Å². The second-order valence-electron chi connectivity index (χ2n) is 2.26. The van der Waals surface area contributed by atoms with E-state index in [1.807, 2.05) is 0 Å². The average Bonchev–Trinajstić information content (AvgIpc) is 1.62. The number of carboxylic acids is 1. The van der Waals surface area contributed by atoms with Gasteiger partial charge in [-0.05, 0) is 13.8 Å². The molecule has 0 heterocycles. The van der Waals surface area contributed by atoms with Crippen LogP contribution in [0.4, 0.5) is 4.39 Å². The highest BCUT2D eigenvalue weighted by Gasteiger charge is 2.25. The summed E-state index contributed by atoms with van der Waals surface area (Å²) in [5, 5.41) is 8.18. The smallest absolute Gasteiger partial charge is 0.334 e. The van der Waals surface area contributed by atoms with Crippen LogP contribution >= 0.6 is 0 Å². The molecular weight excluding hydrogens is 123 g/mol. The number of rotatable bonds is 2. The summed E-state index contributed by atoms with van der Waals surface area (Å²) in [7, 11) is 0. The number of alkyl halides is 1. The third-order valence-corrected chi connectivity index (χ3v) is 0.976. The molecule has 0 aliphatic heterocycles. The molecule has 2 nitrogen and oxygen atoms in total. The van der Waals surface area contributed by atoms with E-state index in [9.17, 15) is 9.18 Å². The molecule has 52 valence electrons. The summed E-state index contributed by atoms with van der Waals surface area (Å²) in [6.07, 6.45) is 0. The highest BCUT2D eigenvalue weighted by atomic mass is 19.1. The van der Waals surface area contributed by atoms with E-state index in [1.165, 1.54) is 0 Å². The van der Waals surface area contributed by atoms with Crippen molar-refractivity contribution in [1.82, 2.24) is 0 Å². The third-order valence-electron chi connectivity index (χ3n) is 0.976. The lowest BCUT2D eigenvalue weighted by Crippen LogP contribution is -2.21. The van der Waals surface area contributed by atoms with Gasteiger partial charge in [0.15, 0.2) is 0 Å². The third kappa shape index (κ3) is 2.26. The molecular formula is C6H9FO2. The van der Waals surface area contributed by atoms with E-state index >= 15 is 0 Å². The predicted molar refractivity (Wildman–Crippen MR) is 32.0 cm³/mol. The van der Waals surface area contributed by atoms with E-state index in [1.54, 1.807) is 0 Å². The Bertz CT molecular complexity index is 144. The maximum Gasteiger partial charge on any atom is 0.334 e. The minimum atomic E-state index is -1.81. The van der Waals surface area contributed by atoms with Gasteiger partial charge in [-0.1, -0.05) is 6.58 Å².